The third kappa shape index (κ3) is 5.10. The van der Waals surface area contributed by atoms with Crippen molar-refractivity contribution in [3.8, 4) is 11.5 Å². The highest BCUT2D eigenvalue weighted by Gasteiger charge is 2.59. The predicted molar refractivity (Wildman–Crippen MR) is 139 cm³/mol. The SMILES string of the molecule is COC(=O)C[C@@](O)(CCCC(C)(C)O)C(=O)O[C@@H]1C(OC)=C[C@]23CCCN2CCc2cc4c(cc2[C@@H]13)OCO4. The number of carbonyl (C=O) groups is 2. The van der Waals surface area contributed by atoms with E-state index < -0.39 is 41.2 Å². The van der Waals surface area contributed by atoms with Gasteiger partial charge < -0.3 is 33.9 Å². The minimum absolute atomic E-state index is 0.0686. The predicted octanol–water partition coefficient (Wildman–Crippen LogP) is 2.58. The van der Waals surface area contributed by atoms with Crippen LogP contribution in [-0.2, 0) is 30.2 Å². The fraction of sp³-hybridized carbons (Fsp3) is 0.655. The summed E-state index contributed by atoms with van der Waals surface area (Å²) >= 11 is 0. The van der Waals surface area contributed by atoms with Gasteiger partial charge in [-0.05, 0) is 88.3 Å². The molecule has 4 atom stereocenters. The first-order valence-electron chi connectivity index (χ1n) is 13.7. The van der Waals surface area contributed by atoms with Gasteiger partial charge in [-0.3, -0.25) is 9.69 Å². The number of benzene rings is 1. The highest BCUT2D eigenvalue weighted by molar-refractivity contribution is 5.86. The maximum absolute atomic E-state index is 13.8. The van der Waals surface area contributed by atoms with Crippen molar-refractivity contribution in [1.82, 2.24) is 4.90 Å². The van der Waals surface area contributed by atoms with E-state index in [1.807, 2.05) is 12.1 Å². The Labute approximate surface area is 228 Å². The summed E-state index contributed by atoms with van der Waals surface area (Å²) in [6, 6.07) is 4.00. The molecule has 2 N–H and O–H groups in total. The summed E-state index contributed by atoms with van der Waals surface area (Å²) in [6.45, 7) is 5.21. The van der Waals surface area contributed by atoms with Crippen LogP contribution >= 0.6 is 0 Å². The molecular weight excluding hydrogens is 506 g/mol. The summed E-state index contributed by atoms with van der Waals surface area (Å²) in [4.78, 5) is 28.4. The molecule has 10 nitrogen and oxygen atoms in total. The molecule has 0 radical (unpaired) electrons. The van der Waals surface area contributed by atoms with Crippen molar-refractivity contribution < 1.29 is 43.5 Å². The van der Waals surface area contributed by atoms with Gasteiger partial charge in [0.1, 0.15) is 5.76 Å². The normalized spacial score (nSPS) is 27.0. The second-order valence-corrected chi connectivity index (χ2v) is 11.7. The maximum atomic E-state index is 13.8. The number of hydrogen-bond acceptors (Lipinski definition) is 10. The topological polar surface area (TPSA) is 124 Å². The lowest BCUT2D eigenvalue weighted by Gasteiger charge is -2.39. The number of ether oxygens (including phenoxy) is 5. The van der Waals surface area contributed by atoms with E-state index in [9.17, 15) is 19.8 Å². The summed E-state index contributed by atoms with van der Waals surface area (Å²) in [5, 5.41) is 21.6. The van der Waals surface area contributed by atoms with Crippen LogP contribution in [0.25, 0.3) is 0 Å². The summed E-state index contributed by atoms with van der Waals surface area (Å²) in [5.74, 6) is -0.0645. The minimum atomic E-state index is -2.12. The van der Waals surface area contributed by atoms with Gasteiger partial charge in [0, 0.05) is 6.54 Å². The molecule has 1 aromatic rings. The second-order valence-electron chi connectivity index (χ2n) is 11.7. The number of fused-ring (bicyclic) bond motifs is 3. The Kier molecular flexibility index (Phi) is 7.32. The van der Waals surface area contributed by atoms with E-state index in [1.54, 1.807) is 21.0 Å². The van der Waals surface area contributed by atoms with E-state index in [0.29, 0.717) is 30.1 Å². The van der Waals surface area contributed by atoms with Crippen LogP contribution in [0.1, 0.15) is 69.4 Å². The van der Waals surface area contributed by atoms with E-state index in [0.717, 1.165) is 43.5 Å². The molecule has 3 heterocycles. The van der Waals surface area contributed by atoms with Crippen molar-refractivity contribution in [2.75, 3.05) is 34.1 Å². The Morgan fingerprint density at radius 1 is 1.13 bits per heavy atom. The second kappa shape index (κ2) is 10.3. The van der Waals surface area contributed by atoms with Gasteiger partial charge in [0.05, 0.1) is 37.7 Å². The average Bonchev–Trinajstić information content (AvgIpc) is 3.56. The lowest BCUT2D eigenvalue weighted by Crippen LogP contribution is -2.49. The van der Waals surface area contributed by atoms with Gasteiger partial charge in [0.15, 0.2) is 23.2 Å². The molecule has 0 saturated carbocycles. The Morgan fingerprint density at radius 3 is 2.56 bits per heavy atom. The van der Waals surface area contributed by atoms with Crippen LogP contribution in [-0.4, -0.2) is 84.0 Å². The smallest absolute Gasteiger partial charge is 0.339 e. The molecule has 1 aliphatic carbocycles. The van der Waals surface area contributed by atoms with Gasteiger partial charge >= 0.3 is 11.9 Å². The molecule has 5 rings (SSSR count). The van der Waals surface area contributed by atoms with Gasteiger partial charge in [-0.25, -0.2) is 4.79 Å². The van der Waals surface area contributed by atoms with Crippen molar-refractivity contribution >= 4 is 11.9 Å². The van der Waals surface area contributed by atoms with Crippen LogP contribution in [0, 0.1) is 0 Å². The largest absolute Gasteiger partial charge is 0.497 e. The zero-order valence-electron chi connectivity index (χ0n) is 23.2. The maximum Gasteiger partial charge on any atom is 0.339 e. The first-order valence-corrected chi connectivity index (χ1v) is 13.7. The zero-order valence-corrected chi connectivity index (χ0v) is 23.2. The minimum Gasteiger partial charge on any atom is -0.497 e. The van der Waals surface area contributed by atoms with E-state index in [1.165, 1.54) is 7.11 Å². The van der Waals surface area contributed by atoms with Crippen molar-refractivity contribution in [2.24, 2.45) is 0 Å². The molecule has 1 aromatic carbocycles. The van der Waals surface area contributed by atoms with Crippen LogP contribution in [0.4, 0.5) is 0 Å². The molecule has 0 unspecified atom stereocenters. The summed E-state index contributed by atoms with van der Waals surface area (Å²) in [6.07, 6.45) is 3.94. The Morgan fingerprint density at radius 2 is 1.87 bits per heavy atom. The number of rotatable bonds is 9. The molecular formula is C29H39NO9. The Bertz CT molecular complexity index is 1160. The lowest BCUT2D eigenvalue weighted by atomic mass is 9.77. The monoisotopic (exact) mass is 545 g/mol. The van der Waals surface area contributed by atoms with Gasteiger partial charge in [-0.15, -0.1) is 0 Å². The molecule has 3 aliphatic heterocycles. The molecule has 0 bridgehead atoms. The number of esters is 2. The average molecular weight is 546 g/mol. The van der Waals surface area contributed by atoms with Crippen LogP contribution < -0.4 is 9.47 Å². The van der Waals surface area contributed by atoms with Crippen LogP contribution in [0.2, 0.25) is 0 Å². The number of aliphatic hydroxyl groups is 2. The Balaban J connectivity index is 1.50. The summed E-state index contributed by atoms with van der Waals surface area (Å²) in [5.41, 5.74) is -1.42. The summed E-state index contributed by atoms with van der Waals surface area (Å²) < 4.78 is 28.1. The van der Waals surface area contributed by atoms with Crippen LogP contribution in [0.5, 0.6) is 11.5 Å². The molecule has 1 fully saturated rings. The molecule has 1 spiro atoms. The van der Waals surface area contributed by atoms with Gasteiger partial charge in [0.2, 0.25) is 6.79 Å². The van der Waals surface area contributed by atoms with Crippen molar-refractivity contribution in [3.05, 3.63) is 35.1 Å². The zero-order chi connectivity index (χ0) is 28.0. The fourth-order valence-corrected chi connectivity index (χ4v) is 6.71. The number of methoxy groups -OCH3 is 2. The molecule has 39 heavy (non-hydrogen) atoms. The van der Waals surface area contributed by atoms with Crippen LogP contribution in [0.15, 0.2) is 24.0 Å². The molecule has 214 valence electrons. The van der Waals surface area contributed by atoms with Crippen molar-refractivity contribution in [1.29, 1.82) is 0 Å². The molecule has 10 heteroatoms. The highest BCUT2D eigenvalue weighted by atomic mass is 16.7. The lowest BCUT2D eigenvalue weighted by molar-refractivity contribution is -0.178. The number of carbonyl (C=O) groups excluding carboxylic acids is 2. The van der Waals surface area contributed by atoms with Gasteiger partial charge in [0.25, 0.3) is 0 Å². The van der Waals surface area contributed by atoms with E-state index >= 15 is 0 Å². The number of hydrogen-bond donors (Lipinski definition) is 2. The van der Waals surface area contributed by atoms with E-state index in [-0.39, 0.29) is 19.1 Å². The summed E-state index contributed by atoms with van der Waals surface area (Å²) in [7, 11) is 2.76. The third-order valence-electron chi connectivity index (χ3n) is 8.62. The van der Waals surface area contributed by atoms with Gasteiger partial charge in [-0.1, -0.05) is 0 Å². The molecule has 1 saturated heterocycles. The standard InChI is InChI=1S/C29H39NO9/c1-27(2,33)8-5-10-29(34,16-23(31)36-4)26(32)39-25-22(35-3)15-28-9-6-11-30(28)12-7-18-13-20-21(38-17-37-20)14-19(18)24(25)28/h13-15,24-25,33-34H,5-12,16-17H2,1-4H3/t24-,25+,28-,29-/m0/s1. The van der Waals surface area contributed by atoms with Crippen molar-refractivity contribution in [3.63, 3.8) is 0 Å². The number of nitrogens with zero attached hydrogens (tertiary/aromatic N) is 1. The molecule has 0 amide bonds. The highest BCUT2D eigenvalue weighted by Crippen LogP contribution is 2.55. The van der Waals surface area contributed by atoms with Crippen molar-refractivity contribution in [2.45, 2.75) is 87.6 Å². The Hall–Kier alpha value is -2.82. The molecule has 0 aromatic heterocycles. The van der Waals surface area contributed by atoms with Gasteiger partial charge in [-0.2, -0.15) is 0 Å². The first kappa shape index (κ1) is 27.7. The van der Waals surface area contributed by atoms with Crippen LogP contribution in [0.3, 0.4) is 0 Å². The third-order valence-corrected chi connectivity index (χ3v) is 8.62. The van der Waals surface area contributed by atoms with E-state index in [2.05, 4.69) is 11.0 Å². The fourth-order valence-electron chi connectivity index (χ4n) is 6.71. The first-order chi connectivity index (χ1) is 18.5. The van der Waals surface area contributed by atoms with E-state index in [4.69, 9.17) is 23.7 Å². The quantitative estimate of drug-likeness (QED) is 0.448. The molecule has 4 aliphatic rings.